The van der Waals surface area contributed by atoms with Crippen LogP contribution in [0, 0.1) is 5.92 Å². The van der Waals surface area contributed by atoms with Crippen molar-refractivity contribution in [3.05, 3.63) is 44.8 Å². The first kappa shape index (κ1) is 19.5. The fourth-order valence-corrected chi connectivity index (χ4v) is 5.60. The van der Waals surface area contributed by atoms with E-state index < -0.39 is 15.6 Å². The van der Waals surface area contributed by atoms with Crippen molar-refractivity contribution in [2.24, 2.45) is 5.92 Å². The van der Waals surface area contributed by atoms with E-state index in [1.54, 1.807) is 0 Å². The van der Waals surface area contributed by atoms with Crippen molar-refractivity contribution < 1.29 is 18.3 Å². The maximum Gasteiger partial charge on any atom is 0.223 e. The largest absolute Gasteiger partial charge is 0.378 e. The van der Waals surface area contributed by atoms with Crippen LogP contribution in [0.5, 0.6) is 0 Å². The molecule has 1 fully saturated rings. The number of hydrogen-bond donors (Lipinski definition) is 2. The quantitative estimate of drug-likeness (QED) is 0.755. The number of hydrogen-bond acceptors (Lipinski definition) is 6. The first-order chi connectivity index (χ1) is 12.3. The first-order valence-electron chi connectivity index (χ1n) is 8.32. The monoisotopic (exact) mass is 414 g/mol. The third-order valence-corrected chi connectivity index (χ3v) is 7.75. The Bertz CT molecular complexity index is 789. The third-order valence-electron chi connectivity index (χ3n) is 4.74. The van der Waals surface area contributed by atoms with Gasteiger partial charge >= 0.3 is 0 Å². The maximum atomic E-state index is 12.6. The lowest BCUT2D eigenvalue weighted by Crippen LogP contribution is -2.46. The Morgan fingerprint density at radius 2 is 2.08 bits per heavy atom. The second kappa shape index (κ2) is 7.77. The van der Waals surface area contributed by atoms with E-state index in [1.165, 1.54) is 33.2 Å². The number of nitrogens with zero attached hydrogens (tertiary/aromatic N) is 1. The zero-order valence-corrected chi connectivity index (χ0v) is 16.9. The summed E-state index contributed by atoms with van der Waals surface area (Å²) < 4.78 is 24.6. The lowest BCUT2D eigenvalue weighted by Gasteiger charge is -2.31. The lowest BCUT2D eigenvalue weighted by atomic mass is 9.93. The zero-order chi connectivity index (χ0) is 18.8. The molecule has 9 heteroatoms. The van der Waals surface area contributed by atoms with Crippen LogP contribution in [-0.4, -0.2) is 49.6 Å². The van der Waals surface area contributed by atoms with Crippen molar-refractivity contribution in [3.8, 4) is 0 Å². The van der Waals surface area contributed by atoms with Crippen LogP contribution in [0.2, 0.25) is 0 Å². The highest BCUT2D eigenvalue weighted by atomic mass is 32.2. The fourth-order valence-electron chi connectivity index (χ4n) is 3.15. The fraction of sp³-hybridized carbons (Fsp3) is 0.471. The van der Waals surface area contributed by atoms with Crippen molar-refractivity contribution in [3.63, 3.8) is 0 Å². The van der Waals surface area contributed by atoms with E-state index in [0.29, 0.717) is 25.9 Å². The standard InChI is InChI=1S/C17H22N2O4S3/c1-26(22,23)19-7-4-13(5-8-19)16(20)18-12-17(21,14-6-10-24-11-14)15-3-2-9-25-15/h2-3,6,9-11,13,21H,4-5,7-8,12H2,1H3,(H,18,20). The highest BCUT2D eigenvalue weighted by Crippen LogP contribution is 2.33. The smallest absolute Gasteiger partial charge is 0.223 e. The Labute approximate surface area is 161 Å². The molecule has 0 bridgehead atoms. The first-order valence-corrected chi connectivity index (χ1v) is 12.0. The van der Waals surface area contributed by atoms with Gasteiger partial charge in [-0.3, -0.25) is 4.79 Å². The van der Waals surface area contributed by atoms with Gasteiger partial charge in [0, 0.05) is 29.4 Å². The molecule has 2 aromatic rings. The number of rotatable bonds is 6. The van der Waals surface area contributed by atoms with Crippen molar-refractivity contribution >= 4 is 38.6 Å². The molecule has 1 aliphatic heterocycles. The second-order valence-electron chi connectivity index (χ2n) is 6.50. The summed E-state index contributed by atoms with van der Waals surface area (Å²) in [6, 6.07) is 5.60. The molecule has 0 aromatic carbocycles. The van der Waals surface area contributed by atoms with Crippen LogP contribution in [0.15, 0.2) is 34.3 Å². The second-order valence-corrected chi connectivity index (χ2v) is 10.2. The number of piperidine rings is 1. The number of nitrogens with one attached hydrogen (secondary N) is 1. The third kappa shape index (κ3) is 4.17. The Balaban J connectivity index is 1.64. The van der Waals surface area contributed by atoms with Gasteiger partial charge in [-0.2, -0.15) is 11.3 Å². The van der Waals surface area contributed by atoms with Crippen LogP contribution in [0.1, 0.15) is 23.3 Å². The molecule has 2 aromatic heterocycles. The molecule has 6 nitrogen and oxygen atoms in total. The number of aliphatic hydroxyl groups is 1. The van der Waals surface area contributed by atoms with E-state index in [-0.39, 0.29) is 18.4 Å². The van der Waals surface area contributed by atoms with Gasteiger partial charge in [0.05, 0.1) is 12.8 Å². The van der Waals surface area contributed by atoms with Gasteiger partial charge in [0.25, 0.3) is 0 Å². The molecule has 3 rings (SSSR count). The molecule has 1 aliphatic rings. The van der Waals surface area contributed by atoms with Crippen LogP contribution in [0.25, 0.3) is 0 Å². The minimum Gasteiger partial charge on any atom is -0.378 e. The maximum absolute atomic E-state index is 12.6. The lowest BCUT2D eigenvalue weighted by molar-refractivity contribution is -0.127. The van der Waals surface area contributed by atoms with E-state index in [9.17, 15) is 18.3 Å². The zero-order valence-electron chi connectivity index (χ0n) is 14.4. The molecular formula is C17H22N2O4S3. The molecule has 2 N–H and O–H groups in total. The molecule has 1 amide bonds. The predicted octanol–water partition coefficient (Wildman–Crippen LogP) is 1.83. The molecule has 0 spiro atoms. The highest BCUT2D eigenvalue weighted by Gasteiger charge is 2.35. The summed E-state index contributed by atoms with van der Waals surface area (Å²) in [5, 5.41) is 19.8. The van der Waals surface area contributed by atoms with E-state index >= 15 is 0 Å². The van der Waals surface area contributed by atoms with Gasteiger partial charge in [-0.15, -0.1) is 11.3 Å². The summed E-state index contributed by atoms with van der Waals surface area (Å²) in [5.74, 6) is -0.369. The Morgan fingerprint density at radius 3 is 2.62 bits per heavy atom. The van der Waals surface area contributed by atoms with Crippen molar-refractivity contribution in [1.29, 1.82) is 0 Å². The summed E-state index contributed by atoms with van der Waals surface area (Å²) >= 11 is 2.95. The number of thiophene rings is 2. The normalized spacial score (nSPS) is 19.2. The molecule has 0 saturated carbocycles. The van der Waals surface area contributed by atoms with Crippen LogP contribution in [-0.2, 0) is 20.4 Å². The molecule has 142 valence electrons. The van der Waals surface area contributed by atoms with E-state index in [2.05, 4.69) is 5.32 Å². The van der Waals surface area contributed by atoms with Crippen LogP contribution in [0.4, 0.5) is 0 Å². The Hall–Kier alpha value is -1.26. The van der Waals surface area contributed by atoms with Crippen LogP contribution >= 0.6 is 22.7 Å². The average molecular weight is 415 g/mol. The average Bonchev–Trinajstić information content (AvgIpc) is 3.32. The molecular weight excluding hydrogens is 392 g/mol. The summed E-state index contributed by atoms with van der Waals surface area (Å²) in [5.41, 5.74) is -0.491. The van der Waals surface area contributed by atoms with Gasteiger partial charge in [-0.25, -0.2) is 12.7 Å². The number of amides is 1. The number of carbonyl (C=O) groups excluding carboxylic acids is 1. The molecule has 0 aliphatic carbocycles. The van der Waals surface area contributed by atoms with Gasteiger partial charge < -0.3 is 10.4 Å². The van der Waals surface area contributed by atoms with Crippen molar-refractivity contribution in [2.75, 3.05) is 25.9 Å². The number of sulfonamides is 1. The summed E-state index contributed by atoms with van der Waals surface area (Å²) in [6.45, 7) is 0.808. The van der Waals surface area contributed by atoms with E-state index in [4.69, 9.17) is 0 Å². The Kier molecular flexibility index (Phi) is 5.83. The SMILES string of the molecule is CS(=O)(=O)N1CCC(C(=O)NCC(O)(c2ccsc2)c2cccs2)CC1. The summed E-state index contributed by atoms with van der Waals surface area (Å²) in [4.78, 5) is 13.3. The number of carbonyl (C=O) groups is 1. The molecule has 3 heterocycles. The van der Waals surface area contributed by atoms with Gasteiger partial charge in [0.15, 0.2) is 0 Å². The Morgan fingerprint density at radius 1 is 1.35 bits per heavy atom. The molecule has 0 radical (unpaired) electrons. The van der Waals surface area contributed by atoms with Crippen molar-refractivity contribution in [1.82, 2.24) is 9.62 Å². The van der Waals surface area contributed by atoms with Gasteiger partial charge in [-0.1, -0.05) is 6.07 Å². The topological polar surface area (TPSA) is 86.7 Å². The van der Waals surface area contributed by atoms with Gasteiger partial charge in [0.1, 0.15) is 5.60 Å². The van der Waals surface area contributed by atoms with Gasteiger partial charge in [-0.05, 0) is 41.1 Å². The molecule has 1 atom stereocenters. The highest BCUT2D eigenvalue weighted by molar-refractivity contribution is 7.88. The molecule has 1 saturated heterocycles. The van der Waals surface area contributed by atoms with E-state index in [1.807, 2.05) is 34.3 Å². The van der Waals surface area contributed by atoms with Gasteiger partial charge in [0.2, 0.25) is 15.9 Å². The summed E-state index contributed by atoms with van der Waals surface area (Å²) in [6.07, 6.45) is 2.18. The minimum atomic E-state index is -3.21. The van der Waals surface area contributed by atoms with E-state index in [0.717, 1.165) is 10.4 Å². The van der Waals surface area contributed by atoms with Crippen LogP contribution < -0.4 is 5.32 Å². The summed E-state index contributed by atoms with van der Waals surface area (Å²) in [7, 11) is -3.21. The van der Waals surface area contributed by atoms with Crippen LogP contribution in [0.3, 0.4) is 0 Å². The molecule has 26 heavy (non-hydrogen) atoms. The van der Waals surface area contributed by atoms with Crippen molar-refractivity contribution in [2.45, 2.75) is 18.4 Å². The minimum absolute atomic E-state index is 0.0926. The molecule has 1 unspecified atom stereocenters. The predicted molar refractivity (Wildman–Crippen MR) is 104 cm³/mol.